The number of carbonyl (C=O) groups excluding carboxylic acids is 4. The number of hydrogen-bond donors (Lipinski definition) is 3. The van der Waals surface area contributed by atoms with Crippen LogP contribution >= 0.6 is 0 Å². The van der Waals surface area contributed by atoms with Crippen LogP contribution in [0.25, 0.3) is 0 Å². The maximum absolute atomic E-state index is 13.1. The second-order valence-electron chi connectivity index (χ2n) is 10.4. The number of rotatable bonds is 9. The number of imide groups is 1. The van der Waals surface area contributed by atoms with Crippen molar-refractivity contribution < 1.29 is 23.9 Å². The number of hydrogen-bond acceptors (Lipinski definition) is 8. The smallest absolute Gasteiger partial charge is 0.255 e. The van der Waals surface area contributed by atoms with Gasteiger partial charge in [0.15, 0.2) is 0 Å². The zero-order chi connectivity index (χ0) is 25.9. The first-order valence-electron chi connectivity index (χ1n) is 13.3. The summed E-state index contributed by atoms with van der Waals surface area (Å²) >= 11 is 0. The number of amides is 4. The molecule has 3 fully saturated rings. The summed E-state index contributed by atoms with van der Waals surface area (Å²) in [6.07, 6.45) is 3.36. The number of ether oxygens (including phenoxy) is 1. The van der Waals surface area contributed by atoms with Crippen molar-refractivity contribution >= 4 is 29.3 Å². The van der Waals surface area contributed by atoms with E-state index in [2.05, 4.69) is 20.4 Å². The van der Waals surface area contributed by atoms with Crippen LogP contribution in [-0.2, 0) is 25.7 Å². The van der Waals surface area contributed by atoms with E-state index >= 15 is 0 Å². The topological polar surface area (TPSA) is 137 Å². The first kappa shape index (κ1) is 25.8. The molecule has 2 atom stereocenters. The van der Waals surface area contributed by atoms with Crippen molar-refractivity contribution in [1.82, 2.24) is 20.0 Å². The Morgan fingerprint density at radius 1 is 1.05 bits per heavy atom. The highest BCUT2D eigenvalue weighted by Crippen LogP contribution is 2.33. The lowest BCUT2D eigenvalue weighted by Gasteiger charge is -2.39. The van der Waals surface area contributed by atoms with Gasteiger partial charge in [-0.3, -0.25) is 29.4 Å². The molecule has 1 aromatic carbocycles. The van der Waals surface area contributed by atoms with Crippen molar-refractivity contribution in [2.45, 2.75) is 56.8 Å². The molecule has 0 bridgehead atoms. The molecule has 5 rings (SSSR count). The van der Waals surface area contributed by atoms with Gasteiger partial charge in [-0.2, -0.15) is 0 Å². The molecule has 3 saturated heterocycles. The first-order valence-corrected chi connectivity index (χ1v) is 13.3. The van der Waals surface area contributed by atoms with E-state index in [1.807, 2.05) is 0 Å². The lowest BCUT2D eigenvalue weighted by atomic mass is 10.0. The van der Waals surface area contributed by atoms with Crippen LogP contribution in [0, 0.1) is 0 Å². The van der Waals surface area contributed by atoms with Gasteiger partial charge in [0.25, 0.3) is 5.91 Å². The van der Waals surface area contributed by atoms with Crippen molar-refractivity contribution in [2.24, 2.45) is 5.73 Å². The molecule has 4 N–H and O–H groups in total. The Hall–Kier alpha value is -2.86. The highest BCUT2D eigenvalue weighted by atomic mass is 16.5. The van der Waals surface area contributed by atoms with Crippen molar-refractivity contribution in [3.05, 3.63) is 29.3 Å². The van der Waals surface area contributed by atoms with Crippen molar-refractivity contribution in [3.8, 4) is 0 Å². The van der Waals surface area contributed by atoms with Crippen LogP contribution in [0.1, 0.15) is 48.0 Å². The standard InChI is InChI=1S/C26H36N6O5/c27-17-6-9-30(10-7-17)12-14-37-15-13-31-11-8-21(31)24(34)28-20-3-1-2-18-19(20)16-32(26(18)36)22-4-5-23(33)29-25(22)35/h1-3,17,21-22H,4-16,27H2,(H,28,34)(H,29,33,35)/t21-,22?/m1/s1. The molecule has 0 spiro atoms. The van der Waals surface area contributed by atoms with Crippen LogP contribution in [-0.4, -0.2) is 102 Å². The molecule has 4 amide bonds. The van der Waals surface area contributed by atoms with Gasteiger partial charge < -0.3 is 25.6 Å². The van der Waals surface area contributed by atoms with E-state index in [1.165, 1.54) is 4.90 Å². The van der Waals surface area contributed by atoms with E-state index in [-0.39, 0.29) is 36.7 Å². The Bertz CT molecular complexity index is 1060. The summed E-state index contributed by atoms with van der Waals surface area (Å²) in [6, 6.07) is 4.65. The Balaban J connectivity index is 1.10. The van der Waals surface area contributed by atoms with Crippen LogP contribution < -0.4 is 16.4 Å². The third kappa shape index (κ3) is 5.69. The summed E-state index contributed by atoms with van der Waals surface area (Å²) in [5, 5.41) is 5.33. The van der Waals surface area contributed by atoms with E-state index < -0.39 is 11.9 Å². The number of nitrogens with one attached hydrogen (secondary N) is 2. The number of benzene rings is 1. The molecule has 4 aliphatic rings. The Labute approximate surface area is 216 Å². The SMILES string of the molecule is NC1CCN(CCOCCN2CC[C@@H]2C(=O)Nc2cccc3c2CN(C2CCC(=O)NC2=O)C3=O)CC1. The lowest BCUT2D eigenvalue weighted by molar-refractivity contribution is -0.137. The lowest BCUT2D eigenvalue weighted by Crippen LogP contribution is -2.55. The molecule has 0 aliphatic carbocycles. The maximum atomic E-state index is 13.1. The number of nitrogens with zero attached hydrogens (tertiary/aromatic N) is 3. The maximum Gasteiger partial charge on any atom is 0.255 e. The number of nitrogens with two attached hydrogens (primary N) is 1. The van der Waals surface area contributed by atoms with Crippen molar-refractivity contribution in [3.63, 3.8) is 0 Å². The zero-order valence-corrected chi connectivity index (χ0v) is 21.1. The molecule has 1 unspecified atom stereocenters. The largest absolute Gasteiger partial charge is 0.379 e. The predicted octanol–water partition coefficient (Wildman–Crippen LogP) is -0.0999. The van der Waals surface area contributed by atoms with Gasteiger partial charge in [-0.25, -0.2) is 0 Å². The van der Waals surface area contributed by atoms with E-state index in [4.69, 9.17) is 10.5 Å². The summed E-state index contributed by atoms with van der Waals surface area (Å²) in [5.74, 6) is -1.12. The van der Waals surface area contributed by atoms with E-state index in [9.17, 15) is 19.2 Å². The van der Waals surface area contributed by atoms with Crippen molar-refractivity contribution in [2.75, 3.05) is 51.3 Å². The first-order chi connectivity index (χ1) is 17.9. The molecule has 37 heavy (non-hydrogen) atoms. The highest BCUT2D eigenvalue weighted by molar-refractivity contribution is 6.07. The molecular formula is C26H36N6O5. The van der Waals surface area contributed by atoms with Crippen LogP contribution in [0.15, 0.2) is 18.2 Å². The molecule has 0 aromatic heterocycles. The number of likely N-dealkylation sites (tertiary alicyclic amines) is 2. The van der Waals surface area contributed by atoms with Gasteiger partial charge in [-0.15, -0.1) is 0 Å². The van der Waals surface area contributed by atoms with E-state index in [1.54, 1.807) is 18.2 Å². The molecule has 11 heteroatoms. The Kier molecular flexibility index (Phi) is 7.84. The van der Waals surface area contributed by atoms with Gasteiger partial charge in [0.2, 0.25) is 17.7 Å². The molecule has 4 heterocycles. The van der Waals surface area contributed by atoms with E-state index in [0.29, 0.717) is 49.0 Å². The average molecular weight is 513 g/mol. The number of anilines is 1. The molecule has 200 valence electrons. The third-order valence-corrected chi connectivity index (χ3v) is 7.98. The molecular weight excluding hydrogens is 476 g/mol. The number of carbonyl (C=O) groups is 4. The fraction of sp³-hybridized carbons (Fsp3) is 0.615. The number of fused-ring (bicyclic) bond motifs is 1. The number of piperidine rings is 2. The molecule has 0 radical (unpaired) electrons. The highest BCUT2D eigenvalue weighted by Gasteiger charge is 2.40. The minimum atomic E-state index is -0.684. The van der Waals surface area contributed by atoms with Gasteiger partial charge in [-0.1, -0.05) is 6.07 Å². The molecule has 4 aliphatic heterocycles. The van der Waals surface area contributed by atoms with E-state index in [0.717, 1.165) is 45.4 Å². The normalized spacial score (nSPS) is 25.1. The van der Waals surface area contributed by atoms with Gasteiger partial charge >= 0.3 is 0 Å². The quantitative estimate of drug-likeness (QED) is 0.308. The summed E-state index contributed by atoms with van der Waals surface area (Å²) < 4.78 is 5.83. The Morgan fingerprint density at radius 3 is 2.57 bits per heavy atom. The zero-order valence-electron chi connectivity index (χ0n) is 21.1. The van der Waals surface area contributed by atoms with Crippen molar-refractivity contribution in [1.29, 1.82) is 0 Å². The molecule has 0 saturated carbocycles. The molecule has 1 aromatic rings. The van der Waals surface area contributed by atoms with Crippen LogP contribution in [0.2, 0.25) is 0 Å². The van der Waals surface area contributed by atoms with Gasteiger partial charge in [-0.05, 0) is 50.9 Å². The fourth-order valence-electron chi connectivity index (χ4n) is 5.58. The summed E-state index contributed by atoms with van der Waals surface area (Å²) in [4.78, 5) is 55.9. The van der Waals surface area contributed by atoms with Crippen LogP contribution in [0.3, 0.4) is 0 Å². The monoisotopic (exact) mass is 512 g/mol. The van der Waals surface area contributed by atoms with Crippen LogP contribution in [0.5, 0.6) is 0 Å². The second-order valence-corrected chi connectivity index (χ2v) is 10.4. The minimum Gasteiger partial charge on any atom is -0.379 e. The second kappa shape index (κ2) is 11.3. The van der Waals surface area contributed by atoms with Gasteiger partial charge in [0, 0.05) is 55.5 Å². The predicted molar refractivity (Wildman–Crippen MR) is 136 cm³/mol. The summed E-state index contributed by atoms with van der Waals surface area (Å²) in [7, 11) is 0. The third-order valence-electron chi connectivity index (χ3n) is 7.98. The minimum absolute atomic E-state index is 0.101. The fourth-order valence-corrected chi connectivity index (χ4v) is 5.58. The average Bonchev–Trinajstić information content (AvgIpc) is 3.19. The summed E-state index contributed by atoms with van der Waals surface area (Å²) in [5.41, 5.74) is 7.74. The summed E-state index contributed by atoms with van der Waals surface area (Å²) in [6.45, 7) is 5.98. The Morgan fingerprint density at radius 2 is 1.84 bits per heavy atom. The molecule has 11 nitrogen and oxygen atoms in total. The van der Waals surface area contributed by atoms with Crippen LogP contribution in [0.4, 0.5) is 5.69 Å². The van der Waals surface area contributed by atoms with Gasteiger partial charge in [0.05, 0.1) is 19.3 Å². The van der Waals surface area contributed by atoms with Gasteiger partial charge in [0.1, 0.15) is 6.04 Å².